The zero-order valence-corrected chi connectivity index (χ0v) is 23.0. The average Bonchev–Trinajstić information content (AvgIpc) is 3.04. The highest BCUT2D eigenvalue weighted by atomic mass is 16.5. The van der Waals surface area contributed by atoms with Crippen LogP contribution in [-0.2, 0) is 45.4 Å². The molecule has 10 nitrogen and oxygen atoms in total. The maximum atomic E-state index is 13.3. The van der Waals surface area contributed by atoms with Crippen molar-refractivity contribution in [2.24, 2.45) is 0 Å². The van der Waals surface area contributed by atoms with Crippen LogP contribution in [0.2, 0.25) is 0 Å². The number of pyridine rings is 2. The summed E-state index contributed by atoms with van der Waals surface area (Å²) in [5, 5.41) is 28.1. The first-order chi connectivity index (χ1) is 20.5. The number of hydrogen-bond acceptors (Lipinski definition) is 8. The second-order valence-electron chi connectivity index (χ2n) is 9.57. The summed E-state index contributed by atoms with van der Waals surface area (Å²) in [6.07, 6.45) is -0.230. The van der Waals surface area contributed by atoms with Crippen molar-refractivity contribution in [1.82, 2.24) is 20.6 Å². The monoisotopic (exact) mass is 570 g/mol. The van der Waals surface area contributed by atoms with Crippen molar-refractivity contribution in [2.45, 2.75) is 50.7 Å². The largest absolute Gasteiger partial charge is 0.387 e. The minimum atomic E-state index is -1.81. The second-order valence-corrected chi connectivity index (χ2v) is 9.57. The molecular weight excluding hydrogens is 536 g/mol. The SMILES string of the molecule is O=C(NCc1cccnc1)C(OCc1ccccc1)C(O)C(O)C(OCc1ccccc1)C(=O)NCc1cccnc1. The van der Waals surface area contributed by atoms with E-state index >= 15 is 0 Å². The lowest BCUT2D eigenvalue weighted by atomic mass is 10.0. The molecule has 0 bridgehead atoms. The molecule has 2 amide bonds. The van der Waals surface area contributed by atoms with Gasteiger partial charge in [0.25, 0.3) is 11.8 Å². The Hall–Kier alpha value is -4.48. The van der Waals surface area contributed by atoms with Crippen LogP contribution < -0.4 is 10.6 Å². The highest BCUT2D eigenvalue weighted by Gasteiger charge is 2.40. The van der Waals surface area contributed by atoms with Crippen LogP contribution >= 0.6 is 0 Å². The van der Waals surface area contributed by atoms with Crippen LogP contribution in [0, 0.1) is 0 Å². The number of benzene rings is 2. The minimum Gasteiger partial charge on any atom is -0.387 e. The first-order valence-corrected chi connectivity index (χ1v) is 13.5. The van der Waals surface area contributed by atoms with Crippen LogP contribution in [0.15, 0.2) is 110 Å². The van der Waals surface area contributed by atoms with Crippen molar-refractivity contribution in [3.63, 3.8) is 0 Å². The summed E-state index contributed by atoms with van der Waals surface area (Å²) < 4.78 is 11.7. The van der Waals surface area contributed by atoms with E-state index in [0.717, 1.165) is 22.3 Å². The fraction of sp³-hybridized carbons (Fsp3) is 0.250. The van der Waals surface area contributed by atoms with E-state index in [-0.39, 0.29) is 26.3 Å². The van der Waals surface area contributed by atoms with Gasteiger partial charge in [0.2, 0.25) is 0 Å². The first-order valence-electron chi connectivity index (χ1n) is 13.5. The van der Waals surface area contributed by atoms with Gasteiger partial charge in [-0.05, 0) is 34.4 Å². The molecule has 0 aliphatic rings. The van der Waals surface area contributed by atoms with Crippen molar-refractivity contribution in [3.8, 4) is 0 Å². The Kier molecular flexibility index (Phi) is 11.7. The Morgan fingerprint density at radius 1 is 0.595 bits per heavy atom. The van der Waals surface area contributed by atoms with Crippen LogP contribution in [0.3, 0.4) is 0 Å². The molecule has 10 heteroatoms. The third-order valence-electron chi connectivity index (χ3n) is 6.41. The van der Waals surface area contributed by atoms with Gasteiger partial charge in [0, 0.05) is 37.9 Å². The summed E-state index contributed by atoms with van der Waals surface area (Å²) in [5.74, 6) is -1.34. The molecular formula is C32H34N4O6. The Morgan fingerprint density at radius 3 is 1.33 bits per heavy atom. The molecule has 2 aromatic carbocycles. The lowest BCUT2D eigenvalue weighted by Gasteiger charge is -2.30. The summed E-state index contributed by atoms with van der Waals surface area (Å²) in [7, 11) is 0. The van der Waals surface area contributed by atoms with E-state index in [1.807, 2.05) is 60.7 Å². The number of carbonyl (C=O) groups excluding carboxylic acids is 2. The number of carbonyl (C=O) groups is 2. The fourth-order valence-corrected chi connectivity index (χ4v) is 4.12. The van der Waals surface area contributed by atoms with Gasteiger partial charge in [-0.3, -0.25) is 19.6 Å². The lowest BCUT2D eigenvalue weighted by molar-refractivity contribution is -0.170. The highest BCUT2D eigenvalue weighted by Crippen LogP contribution is 2.16. The maximum Gasteiger partial charge on any atom is 0.252 e. The average molecular weight is 571 g/mol. The van der Waals surface area contributed by atoms with E-state index in [1.165, 1.54) is 0 Å². The molecule has 218 valence electrons. The van der Waals surface area contributed by atoms with E-state index in [9.17, 15) is 19.8 Å². The molecule has 4 atom stereocenters. The van der Waals surface area contributed by atoms with Gasteiger partial charge in [0.05, 0.1) is 13.2 Å². The minimum absolute atomic E-state index is 0.0155. The van der Waals surface area contributed by atoms with E-state index < -0.39 is 36.2 Å². The molecule has 0 radical (unpaired) electrons. The number of aromatic nitrogens is 2. The maximum absolute atomic E-state index is 13.3. The van der Waals surface area contributed by atoms with Crippen LogP contribution in [0.1, 0.15) is 22.3 Å². The molecule has 2 aromatic heterocycles. The van der Waals surface area contributed by atoms with E-state index in [0.29, 0.717) is 0 Å². The second kappa shape index (κ2) is 16.1. The number of rotatable bonds is 15. The Bertz CT molecular complexity index is 1260. The molecule has 4 rings (SSSR count). The molecule has 4 unspecified atom stereocenters. The topological polar surface area (TPSA) is 143 Å². The summed E-state index contributed by atoms with van der Waals surface area (Å²) >= 11 is 0. The van der Waals surface area contributed by atoms with Crippen LogP contribution in [0.25, 0.3) is 0 Å². The smallest absolute Gasteiger partial charge is 0.252 e. The molecule has 2 heterocycles. The quantitative estimate of drug-likeness (QED) is 0.171. The number of aliphatic hydroxyl groups excluding tert-OH is 2. The van der Waals surface area contributed by atoms with E-state index in [4.69, 9.17) is 9.47 Å². The zero-order chi connectivity index (χ0) is 29.6. The van der Waals surface area contributed by atoms with Crippen LogP contribution in [0.5, 0.6) is 0 Å². The van der Waals surface area contributed by atoms with Gasteiger partial charge in [-0.25, -0.2) is 0 Å². The summed E-state index contributed by atoms with van der Waals surface area (Å²) in [4.78, 5) is 34.7. The van der Waals surface area contributed by atoms with E-state index in [2.05, 4.69) is 20.6 Å². The third kappa shape index (κ3) is 9.28. The highest BCUT2D eigenvalue weighted by molar-refractivity contribution is 5.83. The van der Waals surface area contributed by atoms with Crippen molar-refractivity contribution < 1.29 is 29.3 Å². The molecule has 4 N–H and O–H groups in total. The molecule has 0 fully saturated rings. The molecule has 0 saturated heterocycles. The Labute approximate surface area is 244 Å². The summed E-state index contributed by atoms with van der Waals surface area (Å²) in [5.41, 5.74) is 2.99. The molecule has 0 spiro atoms. The number of aliphatic hydroxyl groups is 2. The molecule has 0 aliphatic carbocycles. The van der Waals surface area contributed by atoms with Crippen molar-refractivity contribution in [1.29, 1.82) is 0 Å². The zero-order valence-electron chi connectivity index (χ0n) is 23.0. The predicted octanol–water partition coefficient (Wildman–Crippen LogP) is 2.30. The van der Waals surface area contributed by atoms with Crippen molar-refractivity contribution in [3.05, 3.63) is 132 Å². The number of amides is 2. The molecule has 4 aromatic rings. The third-order valence-corrected chi connectivity index (χ3v) is 6.41. The van der Waals surface area contributed by atoms with Crippen LogP contribution in [0.4, 0.5) is 0 Å². The Morgan fingerprint density at radius 2 is 0.976 bits per heavy atom. The molecule has 42 heavy (non-hydrogen) atoms. The number of hydrogen-bond donors (Lipinski definition) is 4. The van der Waals surface area contributed by atoms with Gasteiger partial charge in [-0.2, -0.15) is 0 Å². The van der Waals surface area contributed by atoms with Gasteiger partial charge in [-0.15, -0.1) is 0 Å². The van der Waals surface area contributed by atoms with Crippen molar-refractivity contribution in [2.75, 3.05) is 0 Å². The summed E-state index contributed by atoms with van der Waals surface area (Å²) in [6, 6.07) is 25.3. The number of ether oxygens (including phenoxy) is 2. The summed E-state index contributed by atoms with van der Waals surface area (Å²) in [6.45, 7) is 0.219. The van der Waals surface area contributed by atoms with Crippen LogP contribution in [-0.4, -0.2) is 56.4 Å². The van der Waals surface area contributed by atoms with Gasteiger partial charge in [0.1, 0.15) is 12.2 Å². The van der Waals surface area contributed by atoms with Gasteiger partial charge in [0.15, 0.2) is 12.2 Å². The number of nitrogens with one attached hydrogen (secondary N) is 2. The Balaban J connectivity index is 1.51. The molecule has 0 saturated carbocycles. The van der Waals surface area contributed by atoms with E-state index in [1.54, 1.807) is 49.1 Å². The number of nitrogens with zero attached hydrogens (tertiary/aromatic N) is 2. The fourth-order valence-electron chi connectivity index (χ4n) is 4.12. The van der Waals surface area contributed by atoms with Gasteiger partial charge < -0.3 is 30.3 Å². The first kappa shape index (κ1) is 30.5. The van der Waals surface area contributed by atoms with Gasteiger partial charge >= 0.3 is 0 Å². The van der Waals surface area contributed by atoms with Gasteiger partial charge in [-0.1, -0.05) is 72.8 Å². The normalized spacial score (nSPS) is 13.9. The molecule has 0 aliphatic heterocycles. The standard InChI is InChI=1S/C32H34N4O6/c37-27(29(41-21-23-9-3-1-4-10-23)31(39)35-19-25-13-7-15-33-17-25)28(38)30(42-22-24-11-5-2-6-12-24)32(40)36-20-26-14-8-16-34-18-26/h1-18,27-30,37-38H,19-22H2,(H,35,39)(H,36,40). The lowest BCUT2D eigenvalue weighted by Crippen LogP contribution is -2.55. The predicted molar refractivity (Wildman–Crippen MR) is 154 cm³/mol. The van der Waals surface area contributed by atoms with Crippen molar-refractivity contribution >= 4 is 11.8 Å².